The molecule has 3 nitrogen and oxygen atoms in total. The summed E-state index contributed by atoms with van der Waals surface area (Å²) in [5.41, 5.74) is 9.28. The molecule has 102 valence electrons. The van der Waals surface area contributed by atoms with E-state index in [1.54, 1.807) is 10.6 Å². The molecule has 6 heteroatoms. The average molecular weight is 446 g/mol. The van der Waals surface area contributed by atoms with Crippen LogP contribution in [0.2, 0.25) is 0 Å². The Balaban J connectivity index is 2.39. The fourth-order valence-electron chi connectivity index (χ4n) is 2.15. The second kappa shape index (κ2) is 5.00. The van der Waals surface area contributed by atoms with Crippen molar-refractivity contribution in [1.82, 2.24) is 9.55 Å². The normalized spacial score (nSPS) is 11.2. The zero-order chi connectivity index (χ0) is 14.4. The predicted molar refractivity (Wildman–Crippen MR) is 90.6 cm³/mol. The number of hydrogen-bond acceptors (Lipinski definition) is 2. The maximum atomic E-state index is 13.8. The van der Waals surface area contributed by atoms with E-state index in [9.17, 15) is 4.39 Å². The lowest BCUT2D eigenvalue weighted by Gasteiger charge is -2.10. The van der Waals surface area contributed by atoms with Gasteiger partial charge in [-0.3, -0.25) is 4.57 Å². The zero-order valence-electron chi connectivity index (χ0n) is 10.5. The van der Waals surface area contributed by atoms with Crippen LogP contribution in [-0.4, -0.2) is 9.55 Å². The summed E-state index contributed by atoms with van der Waals surface area (Å²) in [6.07, 6.45) is 0. The van der Waals surface area contributed by atoms with Crippen LogP contribution < -0.4 is 5.73 Å². The molecule has 0 fully saturated rings. The predicted octanol–water partition coefficient (Wildman–Crippen LogP) is 4.42. The van der Waals surface area contributed by atoms with E-state index in [0.717, 1.165) is 15.7 Å². The van der Waals surface area contributed by atoms with Crippen LogP contribution >= 0.6 is 38.5 Å². The van der Waals surface area contributed by atoms with Gasteiger partial charge in [0, 0.05) is 10.5 Å². The summed E-state index contributed by atoms with van der Waals surface area (Å²) >= 11 is 5.50. The minimum atomic E-state index is -0.275. The molecule has 3 aromatic rings. The molecular weight excluding hydrogens is 436 g/mol. The van der Waals surface area contributed by atoms with Gasteiger partial charge in [0.2, 0.25) is 5.95 Å². The molecule has 20 heavy (non-hydrogen) atoms. The van der Waals surface area contributed by atoms with E-state index < -0.39 is 0 Å². The van der Waals surface area contributed by atoms with Crippen LogP contribution in [0.4, 0.5) is 10.3 Å². The Kier molecular flexibility index (Phi) is 3.45. The summed E-state index contributed by atoms with van der Waals surface area (Å²) in [5.74, 6) is 0.0655. The summed E-state index contributed by atoms with van der Waals surface area (Å²) in [4.78, 5) is 4.31. The van der Waals surface area contributed by atoms with E-state index in [2.05, 4.69) is 20.9 Å². The number of aryl methyl sites for hydroxylation is 1. The second-order valence-electron chi connectivity index (χ2n) is 4.47. The van der Waals surface area contributed by atoms with E-state index in [0.29, 0.717) is 20.6 Å². The van der Waals surface area contributed by atoms with Crippen LogP contribution in [0.15, 0.2) is 34.8 Å². The molecule has 0 unspecified atom stereocenters. The third kappa shape index (κ3) is 2.10. The van der Waals surface area contributed by atoms with Crippen molar-refractivity contribution in [2.45, 2.75) is 6.92 Å². The van der Waals surface area contributed by atoms with E-state index in [1.807, 2.05) is 47.7 Å². The third-order valence-electron chi connectivity index (χ3n) is 3.13. The molecule has 0 aliphatic heterocycles. The minimum Gasteiger partial charge on any atom is -0.369 e. The van der Waals surface area contributed by atoms with E-state index in [-0.39, 0.29) is 5.82 Å². The molecule has 0 radical (unpaired) electrons. The van der Waals surface area contributed by atoms with Gasteiger partial charge in [0.15, 0.2) is 0 Å². The Morgan fingerprint density at radius 2 is 2.10 bits per heavy atom. The van der Waals surface area contributed by atoms with Gasteiger partial charge in [-0.1, -0.05) is 12.1 Å². The van der Waals surface area contributed by atoms with E-state index in [1.165, 1.54) is 6.07 Å². The highest BCUT2D eigenvalue weighted by Gasteiger charge is 2.15. The van der Waals surface area contributed by atoms with Gasteiger partial charge in [0.1, 0.15) is 5.82 Å². The highest BCUT2D eigenvalue weighted by Crippen LogP contribution is 2.31. The lowest BCUT2D eigenvalue weighted by Crippen LogP contribution is -2.02. The van der Waals surface area contributed by atoms with Crippen molar-refractivity contribution < 1.29 is 4.39 Å². The lowest BCUT2D eigenvalue weighted by atomic mass is 10.2. The quantitative estimate of drug-likeness (QED) is 0.563. The third-order valence-corrected chi connectivity index (χ3v) is 4.99. The summed E-state index contributed by atoms with van der Waals surface area (Å²) in [7, 11) is 0. The number of halogens is 3. The molecule has 0 atom stereocenters. The van der Waals surface area contributed by atoms with Crippen LogP contribution in [-0.2, 0) is 0 Å². The maximum absolute atomic E-state index is 13.8. The van der Waals surface area contributed by atoms with Gasteiger partial charge in [0.05, 0.1) is 20.3 Å². The van der Waals surface area contributed by atoms with Crippen molar-refractivity contribution >= 4 is 55.5 Å². The Morgan fingerprint density at radius 3 is 2.85 bits per heavy atom. The first-order chi connectivity index (χ1) is 9.49. The first-order valence-electron chi connectivity index (χ1n) is 5.87. The van der Waals surface area contributed by atoms with Crippen molar-refractivity contribution in [3.63, 3.8) is 0 Å². The monoisotopic (exact) mass is 445 g/mol. The van der Waals surface area contributed by atoms with Crippen LogP contribution in [0.5, 0.6) is 0 Å². The second-order valence-corrected chi connectivity index (χ2v) is 6.42. The smallest absolute Gasteiger partial charge is 0.205 e. The topological polar surface area (TPSA) is 43.8 Å². The van der Waals surface area contributed by atoms with E-state index in [4.69, 9.17) is 5.73 Å². The number of nitrogens with zero attached hydrogens (tertiary/aromatic N) is 2. The summed E-state index contributed by atoms with van der Waals surface area (Å²) in [5, 5.41) is 0. The highest BCUT2D eigenvalue weighted by molar-refractivity contribution is 14.1. The van der Waals surface area contributed by atoms with Crippen molar-refractivity contribution in [1.29, 1.82) is 0 Å². The zero-order valence-corrected chi connectivity index (χ0v) is 14.2. The molecule has 0 aliphatic rings. The van der Waals surface area contributed by atoms with Gasteiger partial charge in [-0.2, -0.15) is 0 Å². The highest BCUT2D eigenvalue weighted by atomic mass is 127. The number of nitrogens with two attached hydrogens (primary N) is 1. The molecule has 0 aliphatic carbocycles. The van der Waals surface area contributed by atoms with Crippen LogP contribution in [0.3, 0.4) is 0 Å². The minimum absolute atomic E-state index is 0.275. The van der Waals surface area contributed by atoms with Gasteiger partial charge in [-0.25, -0.2) is 9.37 Å². The number of hydrogen-bond donors (Lipinski definition) is 1. The molecule has 3 rings (SSSR count). The molecule has 0 saturated heterocycles. The summed E-state index contributed by atoms with van der Waals surface area (Å²) in [6, 6.07) is 9.01. The lowest BCUT2D eigenvalue weighted by molar-refractivity contribution is 0.622. The summed E-state index contributed by atoms with van der Waals surface area (Å²) < 4.78 is 17.0. The first kappa shape index (κ1) is 13.8. The van der Waals surface area contributed by atoms with Crippen molar-refractivity contribution in [2.75, 3.05) is 5.73 Å². The number of anilines is 1. The number of benzene rings is 2. The van der Waals surface area contributed by atoms with Gasteiger partial charge in [-0.15, -0.1) is 0 Å². The van der Waals surface area contributed by atoms with Gasteiger partial charge in [0.25, 0.3) is 0 Å². The number of rotatable bonds is 1. The number of fused-ring (bicyclic) bond motifs is 1. The molecule has 2 aromatic carbocycles. The summed E-state index contributed by atoms with van der Waals surface area (Å²) in [6.45, 7) is 1.99. The van der Waals surface area contributed by atoms with E-state index >= 15 is 0 Å². The largest absolute Gasteiger partial charge is 0.369 e. The molecule has 0 spiro atoms. The molecule has 2 N–H and O–H groups in total. The average Bonchev–Trinajstić information content (AvgIpc) is 2.69. The Bertz CT molecular complexity index is 829. The van der Waals surface area contributed by atoms with Gasteiger partial charge >= 0.3 is 0 Å². The number of nitrogen functional groups attached to an aromatic ring is 1. The van der Waals surface area contributed by atoms with Gasteiger partial charge < -0.3 is 5.73 Å². The maximum Gasteiger partial charge on any atom is 0.205 e. The van der Waals surface area contributed by atoms with Crippen molar-refractivity contribution in [3.05, 3.63) is 49.8 Å². The standard InChI is InChI=1S/C14H10BrFIN3/c1-7-3-2-4-11(13(7)15)20-12-5-8(16)9(17)6-10(12)19-14(20)18/h2-6H,1H3,(H2,18,19). The van der Waals surface area contributed by atoms with Crippen molar-refractivity contribution in [3.8, 4) is 5.69 Å². The van der Waals surface area contributed by atoms with Crippen molar-refractivity contribution in [2.24, 2.45) is 0 Å². The van der Waals surface area contributed by atoms with Crippen LogP contribution in [0, 0.1) is 16.3 Å². The fourth-order valence-corrected chi connectivity index (χ4v) is 3.04. The SMILES string of the molecule is Cc1cccc(-n2c(N)nc3cc(I)c(F)cc32)c1Br. The van der Waals surface area contributed by atoms with Gasteiger partial charge in [-0.05, 0) is 63.1 Å². The molecule has 0 bridgehead atoms. The first-order valence-corrected chi connectivity index (χ1v) is 7.74. The Labute approximate surface area is 137 Å². The molecule has 1 heterocycles. The molecular formula is C14H10BrFIN3. The van der Waals surface area contributed by atoms with Crippen LogP contribution in [0.1, 0.15) is 5.56 Å². The number of aromatic nitrogens is 2. The Morgan fingerprint density at radius 1 is 1.35 bits per heavy atom. The molecule has 0 amide bonds. The molecule has 1 aromatic heterocycles. The molecule has 0 saturated carbocycles. The number of imidazole rings is 1. The Hall–Kier alpha value is -1.15. The van der Waals surface area contributed by atoms with Crippen LogP contribution in [0.25, 0.3) is 16.7 Å². The fraction of sp³-hybridized carbons (Fsp3) is 0.0714.